The highest BCUT2D eigenvalue weighted by atomic mass is 16.5. The van der Waals surface area contributed by atoms with Gasteiger partial charge in [-0.25, -0.2) is 0 Å². The number of carbonyl (C=O) groups is 1. The van der Waals surface area contributed by atoms with Crippen LogP contribution in [0.5, 0.6) is 6.01 Å². The number of carbonyl (C=O) groups excluding carboxylic acids is 1. The van der Waals surface area contributed by atoms with Crippen LogP contribution in [0, 0.1) is 0 Å². The summed E-state index contributed by atoms with van der Waals surface area (Å²) in [5.74, 6) is 0.658. The first kappa shape index (κ1) is 16.9. The van der Waals surface area contributed by atoms with Crippen LogP contribution in [0.1, 0.15) is 33.1 Å². The van der Waals surface area contributed by atoms with Gasteiger partial charge in [0.25, 0.3) is 0 Å². The van der Waals surface area contributed by atoms with E-state index in [2.05, 4.69) is 25.6 Å². The lowest BCUT2D eigenvalue weighted by molar-refractivity contribution is -0.143. The summed E-state index contributed by atoms with van der Waals surface area (Å²) in [6.07, 6.45) is 1.89. The van der Waals surface area contributed by atoms with Gasteiger partial charge in [-0.3, -0.25) is 4.79 Å². The zero-order chi connectivity index (χ0) is 15.5. The molecule has 118 valence electrons. The Morgan fingerprint density at radius 2 is 1.95 bits per heavy atom. The number of hydrogen-bond donors (Lipinski definition) is 2. The molecule has 8 heteroatoms. The third kappa shape index (κ3) is 6.73. The number of hydrogen-bond acceptors (Lipinski definition) is 8. The van der Waals surface area contributed by atoms with E-state index in [0.29, 0.717) is 44.5 Å². The molecule has 1 rings (SSSR count). The van der Waals surface area contributed by atoms with Gasteiger partial charge in [-0.15, -0.1) is 0 Å². The smallest absolute Gasteiger partial charge is 0.323 e. The third-order valence-corrected chi connectivity index (χ3v) is 2.42. The average Bonchev–Trinajstić information content (AvgIpc) is 2.49. The van der Waals surface area contributed by atoms with Crippen molar-refractivity contribution >= 4 is 17.9 Å². The molecule has 0 aliphatic heterocycles. The summed E-state index contributed by atoms with van der Waals surface area (Å²) in [5, 5.41) is 5.90. The largest absolute Gasteiger partial charge is 0.466 e. The predicted octanol–water partition coefficient (Wildman–Crippen LogP) is 1.46. The SMILES string of the molecule is CCCOc1nc(NC)nc(NCCCC(=O)OCC)n1. The molecule has 0 aliphatic carbocycles. The first-order chi connectivity index (χ1) is 10.2. The van der Waals surface area contributed by atoms with Crippen molar-refractivity contribution in [3.05, 3.63) is 0 Å². The molecule has 0 unspecified atom stereocenters. The number of esters is 1. The van der Waals surface area contributed by atoms with Crippen LogP contribution in [0.25, 0.3) is 0 Å². The summed E-state index contributed by atoms with van der Waals surface area (Å²) < 4.78 is 10.3. The van der Waals surface area contributed by atoms with Gasteiger partial charge in [0.05, 0.1) is 13.2 Å². The van der Waals surface area contributed by atoms with E-state index in [1.807, 2.05) is 6.92 Å². The average molecular weight is 297 g/mol. The number of rotatable bonds is 10. The minimum absolute atomic E-state index is 0.196. The number of aromatic nitrogens is 3. The van der Waals surface area contributed by atoms with Crippen LogP contribution in [-0.2, 0) is 9.53 Å². The van der Waals surface area contributed by atoms with Gasteiger partial charge in [0, 0.05) is 20.0 Å². The van der Waals surface area contributed by atoms with Crippen molar-refractivity contribution in [2.24, 2.45) is 0 Å². The Kier molecular flexibility index (Phi) is 7.85. The van der Waals surface area contributed by atoms with E-state index in [9.17, 15) is 4.79 Å². The Hall–Kier alpha value is -2.12. The van der Waals surface area contributed by atoms with Crippen LogP contribution in [0.15, 0.2) is 0 Å². The van der Waals surface area contributed by atoms with Crippen LogP contribution in [0.2, 0.25) is 0 Å². The molecular weight excluding hydrogens is 274 g/mol. The predicted molar refractivity (Wildman–Crippen MR) is 79.5 cm³/mol. The summed E-state index contributed by atoms with van der Waals surface area (Å²) in [6.45, 7) is 5.32. The Morgan fingerprint density at radius 1 is 1.19 bits per heavy atom. The second-order valence-corrected chi connectivity index (χ2v) is 4.20. The van der Waals surface area contributed by atoms with Gasteiger partial charge >= 0.3 is 12.0 Å². The van der Waals surface area contributed by atoms with Crippen LogP contribution in [0.4, 0.5) is 11.9 Å². The Morgan fingerprint density at radius 3 is 2.62 bits per heavy atom. The van der Waals surface area contributed by atoms with E-state index >= 15 is 0 Å². The second-order valence-electron chi connectivity index (χ2n) is 4.20. The molecule has 1 heterocycles. The van der Waals surface area contributed by atoms with Crippen molar-refractivity contribution < 1.29 is 14.3 Å². The number of ether oxygens (including phenoxy) is 2. The van der Waals surface area contributed by atoms with E-state index < -0.39 is 0 Å². The fraction of sp³-hybridized carbons (Fsp3) is 0.692. The maximum atomic E-state index is 11.2. The topological polar surface area (TPSA) is 98.3 Å². The fourth-order valence-electron chi connectivity index (χ4n) is 1.47. The molecule has 8 nitrogen and oxygen atoms in total. The van der Waals surface area contributed by atoms with Crippen molar-refractivity contribution in [2.75, 3.05) is 37.4 Å². The van der Waals surface area contributed by atoms with Gasteiger partial charge in [-0.05, 0) is 19.8 Å². The first-order valence-corrected chi connectivity index (χ1v) is 7.15. The molecule has 1 aromatic rings. The van der Waals surface area contributed by atoms with E-state index in [1.165, 1.54) is 0 Å². The van der Waals surface area contributed by atoms with E-state index in [0.717, 1.165) is 6.42 Å². The highest BCUT2D eigenvalue weighted by Gasteiger charge is 2.07. The summed E-state index contributed by atoms with van der Waals surface area (Å²) in [5.41, 5.74) is 0. The Labute approximate surface area is 124 Å². The van der Waals surface area contributed by atoms with Crippen molar-refractivity contribution in [2.45, 2.75) is 33.1 Å². The molecule has 0 amide bonds. The van der Waals surface area contributed by atoms with Gasteiger partial charge < -0.3 is 20.1 Å². The molecule has 0 fully saturated rings. The molecule has 0 aromatic carbocycles. The Balaban J connectivity index is 2.47. The first-order valence-electron chi connectivity index (χ1n) is 7.15. The van der Waals surface area contributed by atoms with Crippen LogP contribution in [0.3, 0.4) is 0 Å². The van der Waals surface area contributed by atoms with Crippen molar-refractivity contribution in [1.82, 2.24) is 15.0 Å². The summed E-state index contributed by atoms with van der Waals surface area (Å²) in [4.78, 5) is 23.6. The Bertz CT molecular complexity index is 442. The molecular formula is C13H23N5O3. The van der Waals surface area contributed by atoms with Gasteiger partial charge in [-0.1, -0.05) is 6.92 Å². The second kappa shape index (κ2) is 9.73. The lowest BCUT2D eigenvalue weighted by atomic mass is 10.3. The molecule has 0 radical (unpaired) electrons. The zero-order valence-corrected chi connectivity index (χ0v) is 12.8. The number of nitrogens with one attached hydrogen (secondary N) is 2. The normalized spacial score (nSPS) is 10.0. The van der Waals surface area contributed by atoms with Crippen LogP contribution in [-0.4, -0.2) is 47.7 Å². The van der Waals surface area contributed by atoms with Gasteiger partial charge in [0.15, 0.2) is 0 Å². The minimum atomic E-state index is -0.196. The molecule has 0 atom stereocenters. The van der Waals surface area contributed by atoms with E-state index in [4.69, 9.17) is 9.47 Å². The number of nitrogens with zero attached hydrogens (tertiary/aromatic N) is 3. The molecule has 0 aliphatic rings. The molecule has 21 heavy (non-hydrogen) atoms. The lowest BCUT2D eigenvalue weighted by Gasteiger charge is -2.09. The maximum absolute atomic E-state index is 11.2. The van der Waals surface area contributed by atoms with E-state index in [-0.39, 0.29) is 12.0 Å². The van der Waals surface area contributed by atoms with Gasteiger partial charge in [0.2, 0.25) is 11.9 Å². The summed E-state index contributed by atoms with van der Waals surface area (Å²) in [6, 6.07) is 0.282. The van der Waals surface area contributed by atoms with Gasteiger partial charge in [-0.2, -0.15) is 15.0 Å². The molecule has 0 bridgehead atoms. The van der Waals surface area contributed by atoms with Crippen LogP contribution < -0.4 is 15.4 Å². The molecule has 1 aromatic heterocycles. The minimum Gasteiger partial charge on any atom is -0.466 e. The zero-order valence-electron chi connectivity index (χ0n) is 12.8. The highest BCUT2D eigenvalue weighted by molar-refractivity contribution is 5.69. The maximum Gasteiger partial charge on any atom is 0.323 e. The molecule has 0 spiro atoms. The summed E-state index contributed by atoms with van der Waals surface area (Å²) in [7, 11) is 1.73. The van der Waals surface area contributed by atoms with Crippen LogP contribution >= 0.6 is 0 Å². The summed E-state index contributed by atoms with van der Waals surface area (Å²) >= 11 is 0. The lowest BCUT2D eigenvalue weighted by Crippen LogP contribution is -2.12. The number of anilines is 2. The monoisotopic (exact) mass is 297 g/mol. The molecule has 2 N–H and O–H groups in total. The fourth-order valence-corrected chi connectivity index (χ4v) is 1.47. The molecule has 0 saturated heterocycles. The quantitative estimate of drug-likeness (QED) is 0.494. The van der Waals surface area contributed by atoms with Gasteiger partial charge in [0.1, 0.15) is 0 Å². The van der Waals surface area contributed by atoms with E-state index in [1.54, 1.807) is 14.0 Å². The standard InChI is InChI=1S/C13H23N5O3/c1-4-9-21-13-17-11(14-3)16-12(18-13)15-8-6-7-10(19)20-5-2/h4-9H2,1-3H3,(H2,14,15,16,17,18). The van der Waals surface area contributed by atoms with Crippen molar-refractivity contribution in [3.63, 3.8) is 0 Å². The third-order valence-electron chi connectivity index (χ3n) is 2.42. The van der Waals surface area contributed by atoms with Crippen molar-refractivity contribution in [1.29, 1.82) is 0 Å². The highest BCUT2D eigenvalue weighted by Crippen LogP contribution is 2.11. The molecule has 0 saturated carbocycles. The van der Waals surface area contributed by atoms with Crippen molar-refractivity contribution in [3.8, 4) is 6.01 Å².